The van der Waals surface area contributed by atoms with E-state index in [-0.39, 0.29) is 5.91 Å². The fourth-order valence-electron chi connectivity index (χ4n) is 2.85. The number of carbonyl (C=O) groups excluding carboxylic acids is 1. The number of piperazine rings is 1. The lowest BCUT2D eigenvalue weighted by molar-refractivity contribution is -0.132. The molecule has 1 aliphatic rings. The van der Waals surface area contributed by atoms with Crippen molar-refractivity contribution in [3.63, 3.8) is 0 Å². The van der Waals surface area contributed by atoms with E-state index in [0.29, 0.717) is 12.3 Å². The van der Waals surface area contributed by atoms with E-state index < -0.39 is 0 Å². The average molecular weight is 302 g/mol. The van der Waals surface area contributed by atoms with E-state index in [1.165, 1.54) is 0 Å². The van der Waals surface area contributed by atoms with Gasteiger partial charge in [-0.2, -0.15) is 5.10 Å². The molecule has 0 saturated carbocycles. The average Bonchev–Trinajstić information content (AvgIpc) is 2.88. The maximum atomic E-state index is 12.1. The van der Waals surface area contributed by atoms with Gasteiger partial charge in [-0.1, -0.05) is 13.8 Å². The molecule has 0 atom stereocenters. The van der Waals surface area contributed by atoms with E-state index in [1.807, 2.05) is 11.9 Å². The van der Waals surface area contributed by atoms with Crippen molar-refractivity contribution in [2.75, 3.05) is 31.1 Å². The standard InChI is InChI=1S/C15H22N6O/c1-11(2)8-13(22)20-4-6-21(7-5-20)15-12-9-18-19(3)14(12)16-10-17-15/h9-11H,4-8H2,1-3H3. The Kier molecular flexibility index (Phi) is 3.96. The number of rotatable bonds is 3. The van der Waals surface area contributed by atoms with Gasteiger partial charge in [-0.25, -0.2) is 9.97 Å². The van der Waals surface area contributed by atoms with Crippen LogP contribution in [0.5, 0.6) is 0 Å². The Labute approximate surface area is 129 Å². The van der Waals surface area contributed by atoms with Crippen LogP contribution in [0, 0.1) is 5.92 Å². The maximum absolute atomic E-state index is 12.1. The SMILES string of the molecule is CC(C)CC(=O)N1CCN(c2ncnc3c2cnn3C)CC1. The Morgan fingerprint density at radius 1 is 1.23 bits per heavy atom. The Balaban J connectivity index is 1.72. The molecule has 3 heterocycles. The highest BCUT2D eigenvalue weighted by Gasteiger charge is 2.23. The Morgan fingerprint density at radius 3 is 2.64 bits per heavy atom. The summed E-state index contributed by atoms with van der Waals surface area (Å²) in [5, 5.41) is 5.21. The van der Waals surface area contributed by atoms with Gasteiger partial charge in [-0.15, -0.1) is 0 Å². The summed E-state index contributed by atoms with van der Waals surface area (Å²) in [5.41, 5.74) is 0.836. The van der Waals surface area contributed by atoms with Crippen LogP contribution in [0.3, 0.4) is 0 Å². The van der Waals surface area contributed by atoms with Gasteiger partial charge in [0.25, 0.3) is 0 Å². The highest BCUT2D eigenvalue weighted by atomic mass is 16.2. The number of nitrogens with zero attached hydrogens (tertiary/aromatic N) is 6. The summed E-state index contributed by atoms with van der Waals surface area (Å²) in [4.78, 5) is 25.0. The molecule has 118 valence electrons. The Hall–Kier alpha value is -2.18. The molecule has 7 heteroatoms. The van der Waals surface area contributed by atoms with Gasteiger partial charge in [0.2, 0.25) is 5.91 Å². The maximum Gasteiger partial charge on any atom is 0.222 e. The van der Waals surface area contributed by atoms with Crippen molar-refractivity contribution < 1.29 is 4.79 Å². The van der Waals surface area contributed by atoms with Crippen LogP contribution in [0.4, 0.5) is 5.82 Å². The van der Waals surface area contributed by atoms with Crippen LogP contribution < -0.4 is 4.90 Å². The van der Waals surface area contributed by atoms with Crippen molar-refractivity contribution in [2.45, 2.75) is 20.3 Å². The van der Waals surface area contributed by atoms with Crippen molar-refractivity contribution in [1.82, 2.24) is 24.6 Å². The van der Waals surface area contributed by atoms with Gasteiger partial charge in [0.1, 0.15) is 12.1 Å². The minimum absolute atomic E-state index is 0.254. The number of anilines is 1. The number of amides is 1. The van der Waals surface area contributed by atoms with Crippen molar-refractivity contribution in [2.24, 2.45) is 13.0 Å². The molecule has 22 heavy (non-hydrogen) atoms. The van der Waals surface area contributed by atoms with E-state index in [9.17, 15) is 4.79 Å². The van der Waals surface area contributed by atoms with Crippen molar-refractivity contribution in [1.29, 1.82) is 0 Å². The molecule has 0 aliphatic carbocycles. The van der Waals surface area contributed by atoms with Gasteiger partial charge in [0.05, 0.1) is 11.6 Å². The number of aromatic nitrogens is 4. The van der Waals surface area contributed by atoms with E-state index in [2.05, 4.69) is 33.8 Å². The second-order valence-corrected chi connectivity index (χ2v) is 6.17. The molecule has 0 unspecified atom stereocenters. The lowest BCUT2D eigenvalue weighted by atomic mass is 10.1. The normalized spacial score (nSPS) is 15.8. The van der Waals surface area contributed by atoms with Gasteiger partial charge in [-0.3, -0.25) is 9.48 Å². The third-order valence-electron chi connectivity index (χ3n) is 4.02. The second-order valence-electron chi connectivity index (χ2n) is 6.17. The highest BCUT2D eigenvalue weighted by Crippen LogP contribution is 2.23. The number of aryl methyl sites for hydroxylation is 1. The third kappa shape index (κ3) is 2.75. The van der Waals surface area contributed by atoms with Crippen molar-refractivity contribution in [3.05, 3.63) is 12.5 Å². The van der Waals surface area contributed by atoms with Gasteiger partial charge < -0.3 is 9.80 Å². The predicted octanol–water partition coefficient (Wildman–Crippen LogP) is 1.06. The zero-order chi connectivity index (χ0) is 15.7. The van der Waals surface area contributed by atoms with Crippen LogP contribution in [0.15, 0.2) is 12.5 Å². The molecule has 1 aliphatic heterocycles. The first kappa shape index (κ1) is 14.7. The number of hydrogen-bond acceptors (Lipinski definition) is 5. The molecule has 0 aromatic carbocycles. The zero-order valence-corrected chi connectivity index (χ0v) is 13.4. The summed E-state index contributed by atoms with van der Waals surface area (Å²) in [7, 11) is 1.88. The molecule has 2 aromatic rings. The van der Waals surface area contributed by atoms with Crippen LogP contribution in [0.1, 0.15) is 20.3 Å². The first-order valence-corrected chi connectivity index (χ1v) is 7.71. The lowest BCUT2D eigenvalue weighted by Crippen LogP contribution is -2.49. The summed E-state index contributed by atoms with van der Waals surface area (Å²) in [6.45, 7) is 7.24. The summed E-state index contributed by atoms with van der Waals surface area (Å²) in [6, 6.07) is 0. The summed E-state index contributed by atoms with van der Waals surface area (Å²) in [6.07, 6.45) is 4.01. The van der Waals surface area contributed by atoms with Crippen LogP contribution in [0.2, 0.25) is 0 Å². The van der Waals surface area contributed by atoms with Crippen LogP contribution in [-0.2, 0) is 11.8 Å². The summed E-state index contributed by atoms with van der Waals surface area (Å²) in [5.74, 6) is 1.57. The Bertz CT molecular complexity index is 672. The number of hydrogen-bond donors (Lipinski definition) is 0. The lowest BCUT2D eigenvalue weighted by Gasteiger charge is -2.35. The van der Waals surface area contributed by atoms with E-state index >= 15 is 0 Å². The number of carbonyl (C=O) groups is 1. The molecule has 1 fully saturated rings. The number of fused-ring (bicyclic) bond motifs is 1. The van der Waals surface area contributed by atoms with E-state index in [4.69, 9.17) is 0 Å². The fourth-order valence-corrected chi connectivity index (χ4v) is 2.85. The topological polar surface area (TPSA) is 67.2 Å². The first-order valence-electron chi connectivity index (χ1n) is 7.71. The molecule has 0 radical (unpaired) electrons. The van der Waals surface area contributed by atoms with Crippen molar-refractivity contribution >= 4 is 22.8 Å². The quantitative estimate of drug-likeness (QED) is 0.848. The van der Waals surface area contributed by atoms with Gasteiger partial charge in [0, 0.05) is 39.6 Å². The molecule has 0 spiro atoms. The molecule has 0 bridgehead atoms. The van der Waals surface area contributed by atoms with Gasteiger partial charge in [0.15, 0.2) is 5.65 Å². The first-order chi connectivity index (χ1) is 10.6. The monoisotopic (exact) mass is 302 g/mol. The smallest absolute Gasteiger partial charge is 0.222 e. The van der Waals surface area contributed by atoms with E-state index in [1.54, 1.807) is 17.2 Å². The highest BCUT2D eigenvalue weighted by molar-refractivity contribution is 5.86. The molecular formula is C15H22N6O. The molecule has 1 amide bonds. The molecule has 7 nitrogen and oxygen atoms in total. The van der Waals surface area contributed by atoms with Crippen molar-refractivity contribution in [3.8, 4) is 0 Å². The van der Waals surface area contributed by atoms with Crippen LogP contribution in [-0.4, -0.2) is 56.7 Å². The van der Waals surface area contributed by atoms with Gasteiger partial charge >= 0.3 is 0 Å². The molecule has 1 saturated heterocycles. The van der Waals surface area contributed by atoms with Gasteiger partial charge in [-0.05, 0) is 5.92 Å². The minimum atomic E-state index is 0.254. The molecular weight excluding hydrogens is 280 g/mol. The molecule has 3 rings (SSSR count). The third-order valence-corrected chi connectivity index (χ3v) is 4.02. The van der Waals surface area contributed by atoms with E-state index in [0.717, 1.165) is 43.0 Å². The zero-order valence-electron chi connectivity index (χ0n) is 13.4. The largest absolute Gasteiger partial charge is 0.352 e. The van der Waals surface area contributed by atoms with Crippen LogP contribution in [0.25, 0.3) is 11.0 Å². The summed E-state index contributed by atoms with van der Waals surface area (Å²) < 4.78 is 1.75. The molecule has 0 N–H and O–H groups in total. The molecule has 2 aromatic heterocycles. The summed E-state index contributed by atoms with van der Waals surface area (Å²) >= 11 is 0. The predicted molar refractivity (Wildman–Crippen MR) is 84.6 cm³/mol. The second kappa shape index (κ2) is 5.90. The fraction of sp³-hybridized carbons (Fsp3) is 0.600. The Morgan fingerprint density at radius 2 is 1.95 bits per heavy atom. The minimum Gasteiger partial charge on any atom is -0.352 e. The van der Waals surface area contributed by atoms with Crippen LogP contribution >= 0.6 is 0 Å².